The number of hydrogen-bond donors (Lipinski definition) is 0. The van der Waals surface area contributed by atoms with Crippen molar-refractivity contribution in [3.63, 3.8) is 0 Å². The molecule has 1 amide bonds. The van der Waals surface area contributed by atoms with Crippen molar-refractivity contribution in [1.29, 1.82) is 0 Å². The van der Waals surface area contributed by atoms with Crippen molar-refractivity contribution < 1.29 is 4.79 Å². The van der Waals surface area contributed by atoms with Crippen LogP contribution >= 0.6 is 0 Å². The number of carbonyl (C=O) groups excluding carboxylic acids is 1. The smallest absolute Gasteiger partial charge is 0.240 e. The van der Waals surface area contributed by atoms with Crippen LogP contribution in [0, 0.1) is 0 Å². The first-order valence-corrected chi connectivity index (χ1v) is 8.48. The van der Waals surface area contributed by atoms with Gasteiger partial charge >= 0.3 is 0 Å². The Kier molecular flexibility index (Phi) is 4.94. The Morgan fingerprint density at radius 3 is 2.68 bits per heavy atom. The third-order valence-electron chi connectivity index (χ3n) is 4.74. The summed E-state index contributed by atoms with van der Waals surface area (Å²) in [6.45, 7) is 1.79. The number of likely N-dealkylation sites (N-methyl/N-ethyl adjacent to an activating group) is 1. The van der Waals surface area contributed by atoms with Crippen molar-refractivity contribution in [3.8, 4) is 0 Å². The maximum Gasteiger partial charge on any atom is 0.240 e. The largest absolute Gasteiger partial charge is 0.335 e. The van der Waals surface area contributed by atoms with Crippen molar-refractivity contribution in [2.45, 2.75) is 44.2 Å². The zero-order chi connectivity index (χ0) is 15.4. The van der Waals surface area contributed by atoms with Gasteiger partial charge in [0.2, 0.25) is 5.91 Å². The summed E-state index contributed by atoms with van der Waals surface area (Å²) in [6, 6.07) is 10.9. The third-order valence-corrected chi connectivity index (χ3v) is 4.74. The summed E-state index contributed by atoms with van der Waals surface area (Å²) in [5.74, 6) is 0.336. The highest BCUT2D eigenvalue weighted by molar-refractivity contribution is 5.82. The summed E-state index contributed by atoms with van der Waals surface area (Å²) < 4.78 is 0. The zero-order valence-corrected chi connectivity index (χ0v) is 13.4. The van der Waals surface area contributed by atoms with E-state index in [9.17, 15) is 4.79 Å². The topological polar surface area (TPSA) is 23.6 Å². The molecule has 1 aliphatic carbocycles. The normalized spacial score (nSPS) is 22.9. The minimum absolute atomic E-state index is 0.0967. The van der Waals surface area contributed by atoms with E-state index in [1.54, 1.807) is 0 Å². The first-order valence-electron chi connectivity index (χ1n) is 8.48. The minimum Gasteiger partial charge on any atom is -0.335 e. The van der Waals surface area contributed by atoms with Crippen molar-refractivity contribution in [2.75, 3.05) is 20.1 Å². The Hall–Kier alpha value is -1.61. The first kappa shape index (κ1) is 15.3. The highest BCUT2D eigenvalue weighted by atomic mass is 16.2. The lowest BCUT2D eigenvalue weighted by molar-refractivity contribution is -0.137. The highest BCUT2D eigenvalue weighted by Crippen LogP contribution is 2.29. The summed E-state index contributed by atoms with van der Waals surface area (Å²) >= 11 is 0. The minimum atomic E-state index is 0.0967. The summed E-state index contributed by atoms with van der Waals surface area (Å²) in [6.07, 6.45) is 10.0. The van der Waals surface area contributed by atoms with Gasteiger partial charge in [-0.05, 0) is 44.8 Å². The number of hydrogen-bond acceptors (Lipinski definition) is 2. The summed E-state index contributed by atoms with van der Waals surface area (Å²) in [7, 11) is 2.09. The second-order valence-corrected chi connectivity index (χ2v) is 6.53. The van der Waals surface area contributed by atoms with Gasteiger partial charge in [-0.2, -0.15) is 0 Å². The fourth-order valence-corrected chi connectivity index (χ4v) is 3.25. The Morgan fingerprint density at radius 1 is 1.23 bits per heavy atom. The van der Waals surface area contributed by atoms with Crippen LogP contribution in [0.5, 0.6) is 0 Å². The predicted molar refractivity (Wildman–Crippen MR) is 90.5 cm³/mol. The summed E-state index contributed by atoms with van der Waals surface area (Å²) in [5, 5.41) is 0. The van der Waals surface area contributed by atoms with Gasteiger partial charge in [0.15, 0.2) is 0 Å². The average Bonchev–Trinajstić information content (AvgIpc) is 3.37. The van der Waals surface area contributed by atoms with Crippen molar-refractivity contribution in [1.82, 2.24) is 9.80 Å². The maximum atomic E-state index is 12.9. The molecule has 3 heteroatoms. The SMILES string of the molecule is CN1CCCCC1C(=O)N(CC=Cc1ccccc1)C1CC1. The van der Waals surface area contributed by atoms with Gasteiger partial charge in [0.1, 0.15) is 0 Å². The Labute approximate surface area is 133 Å². The Balaban J connectivity index is 1.62. The number of amides is 1. The highest BCUT2D eigenvalue weighted by Gasteiger charge is 2.37. The molecule has 0 N–H and O–H groups in total. The van der Waals surface area contributed by atoms with E-state index in [4.69, 9.17) is 0 Å². The predicted octanol–water partition coefficient (Wildman–Crippen LogP) is 3.18. The number of rotatable bonds is 5. The fraction of sp³-hybridized carbons (Fsp3) is 0.526. The lowest BCUT2D eigenvalue weighted by Crippen LogP contribution is -2.50. The third kappa shape index (κ3) is 3.77. The number of likely N-dealkylation sites (tertiary alicyclic amines) is 1. The van der Waals surface area contributed by atoms with Crippen LogP contribution in [0.15, 0.2) is 36.4 Å². The van der Waals surface area contributed by atoms with Gasteiger partial charge in [-0.25, -0.2) is 0 Å². The second-order valence-electron chi connectivity index (χ2n) is 6.53. The molecule has 22 heavy (non-hydrogen) atoms. The quantitative estimate of drug-likeness (QED) is 0.833. The molecule has 118 valence electrons. The number of carbonyl (C=O) groups is 1. The molecular formula is C19H26N2O. The van der Waals surface area contributed by atoms with Crippen LogP contribution in [0.1, 0.15) is 37.7 Å². The molecule has 1 unspecified atom stereocenters. The maximum absolute atomic E-state index is 12.9. The van der Waals surface area contributed by atoms with Gasteiger partial charge in [-0.1, -0.05) is 48.9 Å². The lowest BCUT2D eigenvalue weighted by atomic mass is 10.0. The first-order chi connectivity index (χ1) is 10.8. The fourth-order valence-electron chi connectivity index (χ4n) is 3.25. The summed E-state index contributed by atoms with van der Waals surface area (Å²) in [5.41, 5.74) is 1.19. The molecule has 2 fully saturated rings. The number of piperidine rings is 1. The van der Waals surface area contributed by atoms with E-state index in [2.05, 4.69) is 41.1 Å². The van der Waals surface area contributed by atoms with E-state index >= 15 is 0 Å². The van der Waals surface area contributed by atoms with Crippen LogP contribution in [-0.4, -0.2) is 47.9 Å². The molecule has 1 saturated carbocycles. The van der Waals surface area contributed by atoms with Gasteiger partial charge in [0.25, 0.3) is 0 Å². The summed E-state index contributed by atoms with van der Waals surface area (Å²) in [4.78, 5) is 17.2. The van der Waals surface area contributed by atoms with Crippen LogP contribution in [-0.2, 0) is 4.79 Å². The average molecular weight is 298 g/mol. The molecular weight excluding hydrogens is 272 g/mol. The van der Waals surface area contributed by atoms with E-state index in [1.807, 2.05) is 18.2 Å². The van der Waals surface area contributed by atoms with Crippen molar-refractivity contribution in [3.05, 3.63) is 42.0 Å². The monoisotopic (exact) mass is 298 g/mol. The molecule has 0 radical (unpaired) electrons. The van der Waals surface area contributed by atoms with E-state index in [-0.39, 0.29) is 6.04 Å². The second kappa shape index (κ2) is 7.10. The van der Waals surface area contributed by atoms with E-state index in [1.165, 1.54) is 31.2 Å². The molecule has 1 atom stereocenters. The molecule has 1 heterocycles. The molecule has 1 aromatic rings. The van der Waals surface area contributed by atoms with E-state index in [0.29, 0.717) is 11.9 Å². The molecule has 1 aliphatic heterocycles. The molecule has 0 bridgehead atoms. The number of benzene rings is 1. The lowest BCUT2D eigenvalue weighted by Gasteiger charge is -2.35. The molecule has 2 aliphatic rings. The van der Waals surface area contributed by atoms with Gasteiger partial charge in [0.05, 0.1) is 6.04 Å². The molecule has 1 saturated heterocycles. The van der Waals surface area contributed by atoms with E-state index in [0.717, 1.165) is 19.5 Å². The van der Waals surface area contributed by atoms with Gasteiger partial charge in [-0.3, -0.25) is 9.69 Å². The van der Waals surface area contributed by atoms with Crippen LogP contribution in [0.4, 0.5) is 0 Å². The van der Waals surface area contributed by atoms with Crippen LogP contribution in [0.25, 0.3) is 6.08 Å². The Morgan fingerprint density at radius 2 is 2.00 bits per heavy atom. The van der Waals surface area contributed by atoms with Crippen molar-refractivity contribution >= 4 is 12.0 Å². The Bertz CT molecular complexity index is 521. The molecule has 3 rings (SSSR count). The molecule has 3 nitrogen and oxygen atoms in total. The van der Waals surface area contributed by atoms with E-state index < -0.39 is 0 Å². The van der Waals surface area contributed by atoms with Crippen LogP contribution < -0.4 is 0 Å². The molecule has 0 spiro atoms. The van der Waals surface area contributed by atoms with Crippen LogP contribution in [0.3, 0.4) is 0 Å². The molecule has 1 aromatic carbocycles. The van der Waals surface area contributed by atoms with Crippen molar-refractivity contribution in [2.24, 2.45) is 0 Å². The standard InChI is InChI=1S/C19H26N2O/c1-20-14-6-5-11-18(20)19(22)21(17-12-13-17)15-7-10-16-8-3-2-4-9-16/h2-4,7-10,17-18H,5-6,11-15H2,1H3. The van der Waals surface area contributed by atoms with Gasteiger partial charge < -0.3 is 4.90 Å². The van der Waals surface area contributed by atoms with Crippen LogP contribution in [0.2, 0.25) is 0 Å². The van der Waals surface area contributed by atoms with Gasteiger partial charge in [-0.15, -0.1) is 0 Å². The number of nitrogens with zero attached hydrogens (tertiary/aromatic N) is 2. The molecule has 0 aromatic heterocycles. The van der Waals surface area contributed by atoms with Gasteiger partial charge in [0, 0.05) is 12.6 Å². The zero-order valence-electron chi connectivity index (χ0n) is 13.4.